The lowest BCUT2D eigenvalue weighted by Crippen LogP contribution is -2.46. The summed E-state index contributed by atoms with van der Waals surface area (Å²) in [5, 5.41) is 16.7. The second-order valence-electron chi connectivity index (χ2n) is 4.68. The monoisotopic (exact) mass is 361 g/mol. The summed E-state index contributed by atoms with van der Waals surface area (Å²) in [6, 6.07) is 2.95. The Morgan fingerprint density at radius 2 is 1.91 bits per heavy atom. The number of halogens is 2. The highest BCUT2D eigenvalue weighted by atomic mass is 35.5. The molecule has 9 heteroatoms. The van der Waals surface area contributed by atoms with E-state index in [1.165, 1.54) is 12.1 Å². The zero-order valence-electron chi connectivity index (χ0n) is 12.4. The summed E-state index contributed by atoms with van der Waals surface area (Å²) in [5.41, 5.74) is 0.409. The molecule has 4 N–H and O–H groups in total. The van der Waals surface area contributed by atoms with Crippen LogP contribution in [-0.2, 0) is 9.59 Å². The molecule has 0 fully saturated rings. The van der Waals surface area contributed by atoms with E-state index in [4.69, 9.17) is 28.3 Å². The lowest BCUT2D eigenvalue weighted by Gasteiger charge is -2.14. The number of rotatable bonds is 7. The fourth-order valence-corrected chi connectivity index (χ4v) is 2.00. The van der Waals surface area contributed by atoms with Crippen molar-refractivity contribution in [1.29, 1.82) is 0 Å². The zero-order chi connectivity index (χ0) is 17.4. The van der Waals surface area contributed by atoms with Gasteiger partial charge in [0.05, 0.1) is 16.6 Å². The van der Waals surface area contributed by atoms with E-state index in [2.05, 4.69) is 16.0 Å². The Morgan fingerprint density at radius 1 is 1.22 bits per heavy atom. The Hall–Kier alpha value is -1.99. The molecule has 0 saturated carbocycles. The van der Waals surface area contributed by atoms with Crippen LogP contribution in [0.25, 0.3) is 0 Å². The highest BCUT2D eigenvalue weighted by Crippen LogP contribution is 2.24. The molecular formula is C14H17Cl2N3O4. The average molecular weight is 362 g/mol. The number of carbonyl (C=O) groups is 3. The Morgan fingerprint density at radius 3 is 2.48 bits per heavy atom. The van der Waals surface area contributed by atoms with Crippen molar-refractivity contribution < 1.29 is 19.5 Å². The minimum atomic E-state index is -1.11. The Balaban J connectivity index is 2.44. The van der Waals surface area contributed by atoms with Crippen molar-refractivity contribution >= 4 is 46.8 Å². The number of urea groups is 1. The lowest BCUT2D eigenvalue weighted by molar-refractivity contribution is -0.141. The number of hydrogen-bond donors (Lipinski definition) is 4. The molecule has 1 aromatic carbocycles. The lowest BCUT2D eigenvalue weighted by atomic mass is 10.1. The van der Waals surface area contributed by atoms with Crippen molar-refractivity contribution in [1.82, 2.24) is 10.6 Å². The third-order valence-corrected chi connectivity index (χ3v) is 3.54. The van der Waals surface area contributed by atoms with Gasteiger partial charge in [-0.05, 0) is 24.6 Å². The maximum Gasteiger partial charge on any atom is 0.326 e. The summed E-state index contributed by atoms with van der Waals surface area (Å²) >= 11 is 11.6. The van der Waals surface area contributed by atoms with Crippen molar-refractivity contribution in [3.8, 4) is 0 Å². The molecule has 1 unspecified atom stereocenters. The average Bonchev–Trinajstić information content (AvgIpc) is 2.48. The van der Waals surface area contributed by atoms with Gasteiger partial charge in [0.2, 0.25) is 5.91 Å². The van der Waals surface area contributed by atoms with Crippen LogP contribution < -0.4 is 16.0 Å². The zero-order valence-corrected chi connectivity index (χ0v) is 13.9. The highest BCUT2D eigenvalue weighted by Gasteiger charge is 2.18. The Kier molecular flexibility index (Phi) is 7.64. The van der Waals surface area contributed by atoms with E-state index in [1.807, 2.05) is 6.92 Å². The quantitative estimate of drug-likeness (QED) is 0.598. The third kappa shape index (κ3) is 6.75. The van der Waals surface area contributed by atoms with Gasteiger partial charge < -0.3 is 21.1 Å². The molecule has 0 saturated heterocycles. The first-order chi connectivity index (χ1) is 10.8. The molecule has 0 aliphatic rings. The van der Waals surface area contributed by atoms with Gasteiger partial charge in [-0.25, -0.2) is 9.59 Å². The SMILES string of the molecule is CCCC(NC(=O)CNC(=O)Nc1ccc(Cl)c(Cl)c1)C(=O)O. The van der Waals surface area contributed by atoms with Crippen molar-refractivity contribution in [2.75, 3.05) is 11.9 Å². The van der Waals surface area contributed by atoms with E-state index in [0.717, 1.165) is 0 Å². The summed E-state index contributed by atoms with van der Waals surface area (Å²) in [4.78, 5) is 34.2. The molecule has 23 heavy (non-hydrogen) atoms. The van der Waals surface area contributed by atoms with E-state index in [9.17, 15) is 14.4 Å². The van der Waals surface area contributed by atoms with E-state index < -0.39 is 23.9 Å². The van der Waals surface area contributed by atoms with Crippen LogP contribution in [0.1, 0.15) is 19.8 Å². The van der Waals surface area contributed by atoms with Crippen LogP contribution in [-0.4, -0.2) is 35.6 Å². The maximum atomic E-state index is 11.7. The van der Waals surface area contributed by atoms with Crippen LogP contribution in [0.5, 0.6) is 0 Å². The molecule has 0 aliphatic heterocycles. The number of amides is 3. The molecule has 0 heterocycles. The molecule has 1 aromatic rings. The van der Waals surface area contributed by atoms with Crippen LogP contribution >= 0.6 is 23.2 Å². The molecule has 1 rings (SSSR count). The largest absolute Gasteiger partial charge is 0.480 e. The molecule has 126 valence electrons. The topological polar surface area (TPSA) is 108 Å². The standard InChI is InChI=1S/C14H17Cl2N3O4/c1-2-3-11(13(21)22)19-12(20)7-17-14(23)18-8-4-5-9(15)10(16)6-8/h4-6,11H,2-3,7H2,1H3,(H,19,20)(H,21,22)(H2,17,18,23). The number of carbonyl (C=O) groups excluding carboxylic acids is 2. The normalized spacial score (nSPS) is 11.4. The predicted octanol–water partition coefficient (Wildman–Crippen LogP) is 2.48. The molecule has 0 bridgehead atoms. The van der Waals surface area contributed by atoms with Gasteiger partial charge in [-0.15, -0.1) is 0 Å². The van der Waals surface area contributed by atoms with Gasteiger partial charge in [-0.3, -0.25) is 4.79 Å². The number of nitrogens with one attached hydrogen (secondary N) is 3. The molecule has 7 nitrogen and oxygen atoms in total. The molecular weight excluding hydrogens is 345 g/mol. The smallest absolute Gasteiger partial charge is 0.326 e. The molecule has 0 spiro atoms. The second kappa shape index (κ2) is 9.22. The number of carboxylic acid groups (broad SMARTS) is 1. The number of anilines is 1. The number of aliphatic carboxylic acids is 1. The second-order valence-corrected chi connectivity index (χ2v) is 5.50. The maximum absolute atomic E-state index is 11.7. The summed E-state index contributed by atoms with van der Waals surface area (Å²) in [5.74, 6) is -1.70. The van der Waals surface area contributed by atoms with Gasteiger partial charge in [-0.2, -0.15) is 0 Å². The van der Waals surface area contributed by atoms with Gasteiger partial charge in [-0.1, -0.05) is 36.5 Å². The molecule has 1 atom stereocenters. The van der Waals surface area contributed by atoms with Crippen LogP contribution in [0, 0.1) is 0 Å². The fraction of sp³-hybridized carbons (Fsp3) is 0.357. The van der Waals surface area contributed by atoms with E-state index in [-0.39, 0.29) is 11.6 Å². The first-order valence-electron chi connectivity index (χ1n) is 6.85. The van der Waals surface area contributed by atoms with E-state index >= 15 is 0 Å². The first kappa shape index (κ1) is 19.1. The van der Waals surface area contributed by atoms with Crippen molar-refractivity contribution in [3.05, 3.63) is 28.2 Å². The summed E-state index contributed by atoms with van der Waals surface area (Å²) < 4.78 is 0. The van der Waals surface area contributed by atoms with Gasteiger partial charge in [0, 0.05) is 5.69 Å². The van der Waals surface area contributed by atoms with Crippen LogP contribution in [0.2, 0.25) is 10.0 Å². The van der Waals surface area contributed by atoms with E-state index in [1.54, 1.807) is 6.07 Å². The van der Waals surface area contributed by atoms with Crippen LogP contribution in [0.4, 0.5) is 10.5 Å². The van der Waals surface area contributed by atoms with Crippen molar-refractivity contribution in [3.63, 3.8) is 0 Å². The third-order valence-electron chi connectivity index (χ3n) is 2.80. The van der Waals surface area contributed by atoms with Crippen LogP contribution in [0.15, 0.2) is 18.2 Å². The van der Waals surface area contributed by atoms with Crippen LogP contribution in [0.3, 0.4) is 0 Å². The Labute approximate surface area is 143 Å². The highest BCUT2D eigenvalue weighted by molar-refractivity contribution is 6.42. The summed E-state index contributed by atoms with van der Waals surface area (Å²) in [6.07, 6.45) is 0.930. The van der Waals surface area contributed by atoms with Gasteiger partial charge in [0.1, 0.15) is 6.04 Å². The van der Waals surface area contributed by atoms with Crippen molar-refractivity contribution in [2.45, 2.75) is 25.8 Å². The van der Waals surface area contributed by atoms with Gasteiger partial charge >= 0.3 is 12.0 Å². The van der Waals surface area contributed by atoms with Crippen molar-refractivity contribution in [2.24, 2.45) is 0 Å². The van der Waals surface area contributed by atoms with E-state index in [0.29, 0.717) is 23.6 Å². The van der Waals surface area contributed by atoms with Gasteiger partial charge in [0.15, 0.2) is 0 Å². The molecule has 0 aliphatic carbocycles. The molecule has 0 radical (unpaired) electrons. The minimum absolute atomic E-state index is 0.283. The number of benzene rings is 1. The summed E-state index contributed by atoms with van der Waals surface area (Å²) in [7, 11) is 0. The molecule has 3 amide bonds. The predicted molar refractivity (Wildman–Crippen MR) is 88.0 cm³/mol. The first-order valence-corrected chi connectivity index (χ1v) is 7.61. The molecule has 0 aromatic heterocycles. The Bertz CT molecular complexity index is 595. The fourth-order valence-electron chi connectivity index (χ4n) is 1.70. The summed E-state index contributed by atoms with van der Waals surface area (Å²) in [6.45, 7) is 1.46. The number of hydrogen-bond acceptors (Lipinski definition) is 3. The van der Waals surface area contributed by atoms with Gasteiger partial charge in [0.25, 0.3) is 0 Å². The minimum Gasteiger partial charge on any atom is -0.480 e. The number of carboxylic acids is 1.